The van der Waals surface area contributed by atoms with Crippen LogP contribution in [0.4, 0.5) is 0 Å². The van der Waals surface area contributed by atoms with Gasteiger partial charge in [-0.25, -0.2) is 4.79 Å². The molecule has 0 amide bonds. The largest absolute Gasteiger partial charge is 0.477 e. The second-order valence-corrected chi connectivity index (χ2v) is 4.64. The Bertz CT molecular complexity index is 673. The van der Waals surface area contributed by atoms with Gasteiger partial charge in [0.25, 0.3) is 0 Å². The molecule has 1 heterocycles. The van der Waals surface area contributed by atoms with Crippen LogP contribution in [0, 0.1) is 6.92 Å². The van der Waals surface area contributed by atoms with Crippen molar-refractivity contribution in [3.63, 3.8) is 0 Å². The molecule has 2 rings (SSSR count). The third-order valence-electron chi connectivity index (χ3n) is 2.94. The van der Waals surface area contributed by atoms with Crippen molar-refractivity contribution in [1.29, 1.82) is 0 Å². The van der Waals surface area contributed by atoms with Crippen molar-refractivity contribution in [2.24, 2.45) is 0 Å². The molecule has 0 unspecified atom stereocenters. The molecule has 0 bridgehead atoms. The molecule has 0 spiro atoms. The van der Waals surface area contributed by atoms with Gasteiger partial charge in [0.15, 0.2) is 5.78 Å². The summed E-state index contributed by atoms with van der Waals surface area (Å²) in [7, 11) is 0. The summed E-state index contributed by atoms with van der Waals surface area (Å²) in [5.74, 6) is -1.27. The fourth-order valence-corrected chi connectivity index (χ4v) is 2.05. The predicted molar refractivity (Wildman–Crippen MR) is 72.5 cm³/mol. The Labute approximate surface area is 115 Å². The lowest BCUT2D eigenvalue weighted by atomic mass is 10.2. The number of benzene rings is 1. The molecule has 0 saturated heterocycles. The van der Waals surface area contributed by atoms with E-state index in [0.29, 0.717) is 16.3 Å². The van der Waals surface area contributed by atoms with Gasteiger partial charge >= 0.3 is 5.97 Å². The molecule has 4 nitrogen and oxygen atoms in total. The molecule has 0 saturated carbocycles. The summed E-state index contributed by atoms with van der Waals surface area (Å²) in [4.78, 5) is 22.6. The van der Waals surface area contributed by atoms with E-state index in [9.17, 15) is 14.7 Å². The van der Waals surface area contributed by atoms with Crippen LogP contribution in [0.15, 0.2) is 30.5 Å². The van der Waals surface area contributed by atoms with E-state index in [1.807, 2.05) is 0 Å². The average molecular weight is 278 g/mol. The van der Waals surface area contributed by atoms with E-state index in [4.69, 9.17) is 11.6 Å². The number of carboxylic acids is 1. The van der Waals surface area contributed by atoms with Crippen LogP contribution in [0.2, 0.25) is 5.02 Å². The molecule has 0 atom stereocenters. The molecular formula is C14H12ClNO3. The van der Waals surface area contributed by atoms with Crippen molar-refractivity contribution >= 4 is 23.4 Å². The standard InChI is InChI=1S/C14H12ClNO3/c1-8-11(15)4-3-5-12(8)16-7-10(9(2)17)6-13(16)14(18)19/h3-7H,1-2H3,(H,18,19). The van der Waals surface area contributed by atoms with Gasteiger partial charge in [-0.15, -0.1) is 0 Å². The molecule has 5 heteroatoms. The highest BCUT2D eigenvalue weighted by atomic mass is 35.5. The number of aromatic nitrogens is 1. The molecule has 19 heavy (non-hydrogen) atoms. The molecule has 2 aromatic rings. The quantitative estimate of drug-likeness (QED) is 0.875. The summed E-state index contributed by atoms with van der Waals surface area (Å²) in [5.41, 5.74) is 1.81. The Balaban J connectivity index is 2.70. The van der Waals surface area contributed by atoms with E-state index in [1.165, 1.54) is 23.8 Å². The summed E-state index contributed by atoms with van der Waals surface area (Å²) in [5, 5.41) is 9.77. The minimum Gasteiger partial charge on any atom is -0.477 e. The predicted octanol–water partition coefficient (Wildman–Crippen LogP) is 3.34. The number of carboxylic acid groups (broad SMARTS) is 1. The monoisotopic (exact) mass is 277 g/mol. The van der Waals surface area contributed by atoms with Crippen LogP contribution in [0.5, 0.6) is 0 Å². The second-order valence-electron chi connectivity index (χ2n) is 4.23. The van der Waals surface area contributed by atoms with Gasteiger partial charge in [-0.05, 0) is 37.6 Å². The minimum absolute atomic E-state index is 0.0376. The van der Waals surface area contributed by atoms with Crippen molar-refractivity contribution in [3.05, 3.63) is 52.3 Å². The van der Waals surface area contributed by atoms with Gasteiger partial charge in [0.2, 0.25) is 0 Å². The van der Waals surface area contributed by atoms with Gasteiger partial charge in [-0.2, -0.15) is 0 Å². The van der Waals surface area contributed by atoms with Crippen LogP contribution in [0.25, 0.3) is 5.69 Å². The zero-order valence-electron chi connectivity index (χ0n) is 10.5. The van der Waals surface area contributed by atoms with Gasteiger partial charge in [0.05, 0.1) is 5.69 Å². The Kier molecular flexibility index (Phi) is 3.44. The number of hydrogen-bond donors (Lipinski definition) is 1. The van der Waals surface area contributed by atoms with E-state index in [2.05, 4.69) is 0 Å². The molecule has 0 fully saturated rings. The summed E-state index contributed by atoms with van der Waals surface area (Å²) in [6.07, 6.45) is 1.52. The number of aromatic carboxylic acids is 1. The van der Waals surface area contributed by atoms with Crippen molar-refractivity contribution in [2.75, 3.05) is 0 Å². The third-order valence-corrected chi connectivity index (χ3v) is 3.35. The number of Topliss-reactive ketones (excluding diaryl/α,β-unsaturated/α-hetero) is 1. The summed E-state index contributed by atoms with van der Waals surface area (Å²) >= 11 is 6.04. The van der Waals surface area contributed by atoms with E-state index < -0.39 is 5.97 Å². The lowest BCUT2D eigenvalue weighted by Crippen LogP contribution is -2.06. The highest BCUT2D eigenvalue weighted by molar-refractivity contribution is 6.31. The molecule has 1 aromatic heterocycles. The Morgan fingerprint density at radius 1 is 1.32 bits per heavy atom. The fraction of sp³-hybridized carbons (Fsp3) is 0.143. The van der Waals surface area contributed by atoms with E-state index in [-0.39, 0.29) is 11.5 Å². The summed E-state index contributed by atoms with van der Waals surface area (Å²) in [6, 6.07) is 6.60. The van der Waals surface area contributed by atoms with Gasteiger partial charge in [0.1, 0.15) is 5.69 Å². The molecule has 0 radical (unpaired) electrons. The van der Waals surface area contributed by atoms with E-state index >= 15 is 0 Å². The first kappa shape index (κ1) is 13.4. The molecule has 0 aliphatic carbocycles. The molecule has 0 aliphatic heterocycles. The van der Waals surface area contributed by atoms with Crippen LogP contribution in [0.1, 0.15) is 33.3 Å². The maximum atomic E-state index is 11.4. The Hall–Kier alpha value is -2.07. The Morgan fingerprint density at radius 2 is 2.00 bits per heavy atom. The number of carbonyl (C=O) groups is 2. The molecule has 98 valence electrons. The summed E-state index contributed by atoms with van der Waals surface area (Å²) in [6.45, 7) is 3.20. The lowest BCUT2D eigenvalue weighted by molar-refractivity contribution is 0.0688. The van der Waals surface area contributed by atoms with Crippen molar-refractivity contribution in [3.8, 4) is 5.69 Å². The summed E-state index contributed by atoms with van der Waals surface area (Å²) < 4.78 is 1.47. The smallest absolute Gasteiger partial charge is 0.352 e. The average Bonchev–Trinajstić information content (AvgIpc) is 2.77. The van der Waals surface area contributed by atoms with E-state index in [0.717, 1.165) is 5.56 Å². The molecule has 1 aromatic carbocycles. The van der Waals surface area contributed by atoms with Crippen molar-refractivity contribution in [2.45, 2.75) is 13.8 Å². The maximum absolute atomic E-state index is 11.4. The lowest BCUT2D eigenvalue weighted by Gasteiger charge is -2.10. The zero-order chi connectivity index (χ0) is 14.2. The SMILES string of the molecule is CC(=O)c1cc(C(=O)O)n(-c2cccc(Cl)c2C)c1. The van der Waals surface area contributed by atoms with Crippen LogP contribution in [-0.4, -0.2) is 21.4 Å². The third kappa shape index (κ3) is 2.39. The van der Waals surface area contributed by atoms with Crippen molar-refractivity contribution < 1.29 is 14.7 Å². The first-order valence-electron chi connectivity index (χ1n) is 5.64. The van der Waals surface area contributed by atoms with Crippen LogP contribution in [0.3, 0.4) is 0 Å². The maximum Gasteiger partial charge on any atom is 0.352 e. The van der Waals surface area contributed by atoms with Gasteiger partial charge in [-0.3, -0.25) is 4.79 Å². The Morgan fingerprint density at radius 3 is 2.58 bits per heavy atom. The van der Waals surface area contributed by atoms with Crippen LogP contribution in [-0.2, 0) is 0 Å². The number of nitrogens with zero attached hydrogens (tertiary/aromatic N) is 1. The van der Waals surface area contributed by atoms with Gasteiger partial charge in [-0.1, -0.05) is 17.7 Å². The number of carbonyl (C=O) groups excluding carboxylic acids is 1. The van der Waals surface area contributed by atoms with Gasteiger partial charge in [0, 0.05) is 16.8 Å². The highest BCUT2D eigenvalue weighted by Crippen LogP contribution is 2.25. The number of halogens is 1. The first-order chi connectivity index (χ1) is 8.91. The second kappa shape index (κ2) is 4.90. The fourth-order valence-electron chi connectivity index (χ4n) is 1.88. The zero-order valence-corrected chi connectivity index (χ0v) is 11.2. The minimum atomic E-state index is -1.09. The van der Waals surface area contributed by atoms with Crippen LogP contribution >= 0.6 is 11.6 Å². The van der Waals surface area contributed by atoms with Crippen LogP contribution < -0.4 is 0 Å². The molecular weight excluding hydrogens is 266 g/mol. The topological polar surface area (TPSA) is 59.3 Å². The first-order valence-corrected chi connectivity index (χ1v) is 6.01. The highest BCUT2D eigenvalue weighted by Gasteiger charge is 2.17. The molecule has 1 N–H and O–H groups in total. The van der Waals surface area contributed by atoms with E-state index in [1.54, 1.807) is 25.1 Å². The molecule has 0 aliphatic rings. The van der Waals surface area contributed by atoms with Crippen molar-refractivity contribution in [1.82, 2.24) is 4.57 Å². The number of ketones is 1. The normalized spacial score (nSPS) is 10.5. The van der Waals surface area contributed by atoms with Gasteiger partial charge < -0.3 is 9.67 Å². The number of rotatable bonds is 3. The number of hydrogen-bond acceptors (Lipinski definition) is 2.